The van der Waals surface area contributed by atoms with Gasteiger partial charge in [0.05, 0.1) is 17.4 Å². The van der Waals surface area contributed by atoms with Crippen LogP contribution in [-0.4, -0.2) is 63.7 Å². The van der Waals surface area contributed by atoms with Gasteiger partial charge in [-0.25, -0.2) is 0 Å². The lowest BCUT2D eigenvalue weighted by Crippen LogP contribution is -2.59. The summed E-state index contributed by atoms with van der Waals surface area (Å²) in [5, 5.41) is 15.5. The number of rotatable bonds is 9. The van der Waals surface area contributed by atoms with E-state index >= 15 is 0 Å². The number of para-hydroxylation sites is 1. The molecule has 3 aliphatic heterocycles. The van der Waals surface area contributed by atoms with E-state index in [-0.39, 0.29) is 29.7 Å². The number of hydrogen-bond acceptors (Lipinski definition) is 5. The fraction of sp³-hybridized carbons (Fsp3) is 0.690. The van der Waals surface area contributed by atoms with Gasteiger partial charge in [-0.05, 0) is 70.4 Å². The molecule has 0 radical (unpaired) electrons. The number of aliphatic hydroxyl groups excluding tert-OH is 1. The average molecular weight is 514 g/mol. The Morgan fingerprint density at radius 1 is 1.08 bits per heavy atom. The number of ether oxygens (including phenoxy) is 1. The lowest BCUT2D eigenvalue weighted by atomic mass is 9.66. The second-order valence-electron chi connectivity index (χ2n) is 13.2. The monoisotopic (exact) mass is 513 g/mol. The Morgan fingerprint density at radius 2 is 1.76 bits per heavy atom. The van der Waals surface area contributed by atoms with Crippen LogP contribution in [0, 0.1) is 17.3 Å². The molecule has 3 heterocycles. The quantitative estimate of drug-likeness (QED) is 0.438. The van der Waals surface area contributed by atoms with Gasteiger partial charge in [0.25, 0.3) is 0 Å². The predicted octanol–water partition coefficient (Wildman–Crippen LogP) is 3.49. The number of carbonyl (C=O) groups excluding carboxylic acids is 3. The molecular weight excluding hydrogens is 470 g/mol. The minimum absolute atomic E-state index is 0.000319. The Hall–Kier alpha value is -2.45. The highest BCUT2D eigenvalue weighted by Gasteiger charge is 2.77. The summed E-state index contributed by atoms with van der Waals surface area (Å²) in [6.07, 6.45) is 3.00. The topological polar surface area (TPSA) is 108 Å². The first-order chi connectivity index (χ1) is 17.2. The van der Waals surface area contributed by atoms with Crippen LogP contribution < -0.4 is 10.6 Å². The van der Waals surface area contributed by atoms with Gasteiger partial charge in [0, 0.05) is 24.4 Å². The van der Waals surface area contributed by atoms with Gasteiger partial charge in [0.15, 0.2) is 0 Å². The molecular formula is C29H43N3O5. The second kappa shape index (κ2) is 9.70. The van der Waals surface area contributed by atoms with Crippen molar-refractivity contribution in [1.82, 2.24) is 10.2 Å². The third-order valence-corrected chi connectivity index (χ3v) is 8.09. The van der Waals surface area contributed by atoms with Crippen molar-refractivity contribution >= 4 is 23.4 Å². The Morgan fingerprint density at radius 3 is 2.38 bits per heavy atom. The molecule has 2 unspecified atom stereocenters. The van der Waals surface area contributed by atoms with E-state index in [0.29, 0.717) is 37.9 Å². The summed E-state index contributed by atoms with van der Waals surface area (Å²) in [6, 6.07) is 8.38. The summed E-state index contributed by atoms with van der Waals surface area (Å²) in [4.78, 5) is 43.3. The molecule has 8 heteroatoms. The molecule has 0 aromatic heterocycles. The van der Waals surface area contributed by atoms with Crippen LogP contribution in [0.2, 0.25) is 0 Å². The fourth-order valence-electron chi connectivity index (χ4n) is 7.28. The van der Waals surface area contributed by atoms with Crippen molar-refractivity contribution in [3.8, 4) is 0 Å². The summed E-state index contributed by atoms with van der Waals surface area (Å²) < 4.78 is 6.67. The normalized spacial score (nSPS) is 30.9. The molecule has 4 rings (SSSR count). The van der Waals surface area contributed by atoms with Gasteiger partial charge in [-0.1, -0.05) is 39.0 Å². The molecule has 1 aromatic carbocycles. The van der Waals surface area contributed by atoms with Crippen LogP contribution >= 0.6 is 0 Å². The highest BCUT2D eigenvalue weighted by Crippen LogP contribution is 2.63. The fourth-order valence-corrected chi connectivity index (χ4v) is 7.28. The number of hydrogen-bond donors (Lipinski definition) is 3. The minimum Gasteiger partial charge on any atom is -0.396 e. The maximum absolute atomic E-state index is 14.0. The zero-order chi connectivity index (χ0) is 27.2. The summed E-state index contributed by atoms with van der Waals surface area (Å²) >= 11 is 0. The number of carbonyl (C=O) groups is 3. The first kappa shape index (κ1) is 27.6. The highest BCUT2D eigenvalue weighted by atomic mass is 16.5. The number of nitrogens with one attached hydrogen (secondary N) is 2. The summed E-state index contributed by atoms with van der Waals surface area (Å²) in [6.45, 7) is 12.7. The molecule has 8 nitrogen and oxygen atoms in total. The number of fused-ring (bicyclic) bond motifs is 1. The van der Waals surface area contributed by atoms with E-state index in [1.807, 2.05) is 51.1 Å². The SMILES string of the molecule is CC(C)(C)CC(C)(C)NC(=O)C1N(CCCCO)C(=O)[C@@H]2[C@@H](C(=O)Nc3ccccc3)[C@@]3(C)CCC12O3. The van der Waals surface area contributed by atoms with E-state index in [0.717, 1.165) is 6.42 Å². The maximum Gasteiger partial charge on any atom is 0.246 e. The van der Waals surface area contributed by atoms with E-state index in [1.54, 1.807) is 4.90 Å². The molecule has 2 bridgehead atoms. The molecule has 0 aliphatic carbocycles. The van der Waals surface area contributed by atoms with Gasteiger partial charge in [0.2, 0.25) is 17.7 Å². The van der Waals surface area contributed by atoms with Crippen LogP contribution in [0.4, 0.5) is 5.69 Å². The number of amides is 3. The number of unbranched alkanes of at least 4 members (excludes halogenated alkanes) is 1. The third-order valence-electron chi connectivity index (χ3n) is 8.09. The van der Waals surface area contributed by atoms with Crippen LogP contribution in [0.3, 0.4) is 0 Å². The van der Waals surface area contributed by atoms with E-state index in [9.17, 15) is 19.5 Å². The van der Waals surface area contributed by atoms with Crippen molar-refractivity contribution in [1.29, 1.82) is 0 Å². The van der Waals surface area contributed by atoms with E-state index < -0.39 is 34.6 Å². The molecule has 3 amide bonds. The lowest BCUT2D eigenvalue weighted by Gasteiger charge is -2.38. The van der Waals surface area contributed by atoms with Gasteiger partial charge >= 0.3 is 0 Å². The summed E-state index contributed by atoms with van der Waals surface area (Å²) in [5.41, 5.74) is -1.70. The van der Waals surface area contributed by atoms with E-state index in [1.165, 1.54) is 0 Å². The molecule has 204 valence electrons. The number of nitrogens with zero attached hydrogens (tertiary/aromatic N) is 1. The molecule has 1 spiro atoms. The molecule has 3 saturated heterocycles. The van der Waals surface area contributed by atoms with Crippen LogP contribution in [0.25, 0.3) is 0 Å². The zero-order valence-electron chi connectivity index (χ0n) is 23.1. The lowest BCUT2D eigenvalue weighted by molar-refractivity contribution is -0.146. The second-order valence-corrected chi connectivity index (χ2v) is 13.2. The van der Waals surface area contributed by atoms with Gasteiger partial charge in [-0.2, -0.15) is 0 Å². The van der Waals surface area contributed by atoms with Gasteiger partial charge in [-0.15, -0.1) is 0 Å². The number of aliphatic hydroxyl groups is 1. The van der Waals surface area contributed by atoms with Gasteiger partial charge in [-0.3, -0.25) is 14.4 Å². The number of likely N-dealkylation sites (tertiary alicyclic amines) is 1. The van der Waals surface area contributed by atoms with Crippen molar-refractivity contribution in [3.05, 3.63) is 30.3 Å². The number of anilines is 1. The summed E-state index contributed by atoms with van der Waals surface area (Å²) in [7, 11) is 0. The smallest absolute Gasteiger partial charge is 0.246 e. The minimum atomic E-state index is -1.05. The van der Waals surface area contributed by atoms with Crippen molar-refractivity contribution in [2.24, 2.45) is 17.3 Å². The first-order valence-electron chi connectivity index (χ1n) is 13.5. The van der Waals surface area contributed by atoms with E-state index in [2.05, 4.69) is 31.4 Å². The maximum atomic E-state index is 14.0. The molecule has 37 heavy (non-hydrogen) atoms. The molecule has 3 fully saturated rings. The third kappa shape index (κ3) is 5.15. The Balaban J connectivity index is 1.67. The van der Waals surface area contributed by atoms with Crippen molar-refractivity contribution < 1.29 is 24.2 Å². The van der Waals surface area contributed by atoms with Gasteiger partial charge in [0.1, 0.15) is 11.6 Å². The standard InChI is InChI=1S/C29H43N3O5/c1-26(2,3)18-27(4,5)31-24(35)22-29-15-14-28(6,37-29)20(23(34)30-19-12-8-7-9-13-19)21(29)25(36)32(22)16-10-11-17-33/h7-9,12-13,20-22,33H,10-11,14-18H2,1-6H3,(H,30,34)(H,31,35)/t20-,21-,22?,28+,29?/m0/s1. The molecule has 1 aromatic rings. The molecule has 5 atom stereocenters. The molecule has 3 aliphatic rings. The van der Waals surface area contributed by atoms with Crippen molar-refractivity contribution in [2.45, 2.75) is 96.4 Å². The van der Waals surface area contributed by atoms with Gasteiger partial charge < -0.3 is 25.4 Å². The predicted molar refractivity (Wildman–Crippen MR) is 142 cm³/mol. The first-order valence-corrected chi connectivity index (χ1v) is 13.5. The van der Waals surface area contributed by atoms with Crippen LogP contribution in [0.1, 0.15) is 73.6 Å². The largest absolute Gasteiger partial charge is 0.396 e. The molecule has 0 saturated carbocycles. The Labute approximate surface area is 220 Å². The molecule has 3 N–H and O–H groups in total. The average Bonchev–Trinajstić information content (AvgIpc) is 3.33. The zero-order valence-corrected chi connectivity index (χ0v) is 23.1. The van der Waals surface area contributed by atoms with Crippen molar-refractivity contribution in [2.75, 3.05) is 18.5 Å². The van der Waals surface area contributed by atoms with E-state index in [4.69, 9.17) is 4.74 Å². The van der Waals surface area contributed by atoms with Crippen LogP contribution in [0.15, 0.2) is 30.3 Å². The Kier molecular flexibility index (Phi) is 7.23. The van der Waals surface area contributed by atoms with Crippen molar-refractivity contribution in [3.63, 3.8) is 0 Å². The van der Waals surface area contributed by atoms with Crippen LogP contribution in [0.5, 0.6) is 0 Å². The number of benzene rings is 1. The Bertz CT molecular complexity index is 1040. The van der Waals surface area contributed by atoms with Crippen LogP contribution in [-0.2, 0) is 19.1 Å². The summed E-state index contributed by atoms with van der Waals surface area (Å²) in [5.74, 6) is -2.12. The highest BCUT2D eigenvalue weighted by molar-refractivity contribution is 6.02.